The molecule has 0 amide bonds. The van der Waals surface area contributed by atoms with Crippen LogP contribution in [0.25, 0.3) is 0 Å². The molecule has 0 heterocycles. The number of azo groups is 2. The number of esters is 2. The van der Waals surface area contributed by atoms with Crippen molar-refractivity contribution in [3.8, 4) is 11.5 Å². The van der Waals surface area contributed by atoms with Crippen LogP contribution in [0.4, 0.5) is 34.1 Å². The van der Waals surface area contributed by atoms with Crippen LogP contribution in [0.3, 0.4) is 0 Å². The predicted octanol–water partition coefficient (Wildman–Crippen LogP) is 8.68. The van der Waals surface area contributed by atoms with Crippen LogP contribution in [0.5, 0.6) is 11.5 Å². The Bertz CT molecular complexity index is 1600. The zero-order chi connectivity index (χ0) is 35.6. The van der Waals surface area contributed by atoms with E-state index >= 15 is 0 Å². The van der Waals surface area contributed by atoms with E-state index in [9.17, 15) is 19.7 Å². The fraction of sp³-hybridized carbons (Fsp3) is 0.394. The van der Waals surface area contributed by atoms with E-state index in [1.54, 1.807) is 18.2 Å². The van der Waals surface area contributed by atoms with Crippen molar-refractivity contribution in [2.45, 2.75) is 33.6 Å². The molecular formula is C33H38Cl2N6O8. The first-order valence-corrected chi connectivity index (χ1v) is 16.6. The summed E-state index contributed by atoms with van der Waals surface area (Å²) in [6.45, 7) is 7.20. The Morgan fingerprint density at radius 3 is 1.73 bits per heavy atom. The van der Waals surface area contributed by atoms with Gasteiger partial charge in [-0.1, -0.05) is 0 Å². The summed E-state index contributed by atoms with van der Waals surface area (Å²) in [6.07, 6.45) is 0.227. The van der Waals surface area contributed by atoms with Gasteiger partial charge in [-0.15, -0.1) is 33.4 Å². The number of alkyl halides is 2. The van der Waals surface area contributed by atoms with Gasteiger partial charge in [0.2, 0.25) is 0 Å². The molecule has 14 nitrogen and oxygen atoms in total. The summed E-state index contributed by atoms with van der Waals surface area (Å²) >= 11 is 11.3. The largest absolute Gasteiger partial charge is 0.491 e. The van der Waals surface area contributed by atoms with Gasteiger partial charge in [-0.3, -0.25) is 19.7 Å². The summed E-state index contributed by atoms with van der Waals surface area (Å²) in [5.41, 5.74) is 3.36. The van der Waals surface area contributed by atoms with Gasteiger partial charge in [0.05, 0.1) is 55.4 Å². The first-order valence-electron chi connectivity index (χ1n) is 15.5. The summed E-state index contributed by atoms with van der Waals surface area (Å²) in [6, 6.07) is 14.6. The minimum atomic E-state index is -0.487. The summed E-state index contributed by atoms with van der Waals surface area (Å²) in [4.78, 5) is 36.0. The molecule has 0 fully saturated rings. The molecule has 0 radical (unpaired) electrons. The van der Waals surface area contributed by atoms with E-state index in [4.69, 9.17) is 42.1 Å². The molecule has 0 bridgehead atoms. The number of carbonyl (C=O) groups excluding carboxylic acids is 2. The maximum absolute atomic E-state index is 11.8. The number of hydrogen-bond donors (Lipinski definition) is 0. The van der Waals surface area contributed by atoms with E-state index in [1.807, 2.05) is 37.8 Å². The van der Waals surface area contributed by atoms with Gasteiger partial charge in [0.25, 0.3) is 5.69 Å². The number of nitro groups is 1. The van der Waals surface area contributed by atoms with Crippen LogP contribution in [0.2, 0.25) is 0 Å². The molecule has 0 aliphatic carbocycles. The van der Waals surface area contributed by atoms with Crippen molar-refractivity contribution in [2.24, 2.45) is 20.5 Å². The number of halogens is 2. The average Bonchev–Trinajstić information content (AvgIpc) is 3.08. The van der Waals surface area contributed by atoms with Gasteiger partial charge in [0, 0.05) is 41.7 Å². The Morgan fingerprint density at radius 2 is 1.27 bits per heavy atom. The minimum absolute atomic E-state index is 0.0493. The van der Waals surface area contributed by atoms with E-state index in [1.165, 1.54) is 24.3 Å². The lowest BCUT2D eigenvalue weighted by atomic mass is 10.1. The van der Waals surface area contributed by atoms with Crippen molar-refractivity contribution in [1.82, 2.24) is 0 Å². The lowest BCUT2D eigenvalue weighted by molar-refractivity contribution is -0.384. The molecule has 0 saturated carbocycles. The minimum Gasteiger partial charge on any atom is -0.491 e. The first kappa shape index (κ1) is 38.6. The molecule has 0 aromatic heterocycles. The van der Waals surface area contributed by atoms with Crippen LogP contribution in [-0.4, -0.2) is 68.1 Å². The SMILES string of the molecule is CCOc1cc(N=Nc2ccc(N(CCOC(=O)CCCl)CCOC(=O)CCCl)cc2C)c(OCC)cc1N=Nc1ccc([N+](=O)[O-])cc1. The van der Waals surface area contributed by atoms with Crippen molar-refractivity contribution in [3.05, 3.63) is 70.3 Å². The third kappa shape index (κ3) is 12.6. The molecule has 3 aromatic carbocycles. The smallest absolute Gasteiger partial charge is 0.307 e. The Hall–Kier alpha value is -4.82. The highest BCUT2D eigenvalue weighted by Gasteiger charge is 2.15. The Kier molecular flexibility index (Phi) is 16.2. The van der Waals surface area contributed by atoms with Crippen molar-refractivity contribution >= 4 is 69.3 Å². The maximum Gasteiger partial charge on any atom is 0.307 e. The number of non-ortho nitro benzene ring substituents is 1. The second-order valence-electron chi connectivity index (χ2n) is 10.1. The van der Waals surface area contributed by atoms with Crippen LogP contribution in [-0.2, 0) is 19.1 Å². The summed E-state index contributed by atoms with van der Waals surface area (Å²) in [5.74, 6) is 0.358. The maximum atomic E-state index is 11.8. The Morgan fingerprint density at radius 1 is 0.755 bits per heavy atom. The van der Waals surface area contributed by atoms with Crippen LogP contribution >= 0.6 is 23.2 Å². The van der Waals surface area contributed by atoms with Crippen LogP contribution in [0, 0.1) is 17.0 Å². The number of nitro benzene ring substituents is 1. The lowest BCUT2D eigenvalue weighted by Gasteiger charge is -2.25. The molecule has 16 heteroatoms. The molecule has 0 N–H and O–H groups in total. The molecule has 49 heavy (non-hydrogen) atoms. The Balaban J connectivity index is 1.84. The van der Waals surface area contributed by atoms with E-state index in [-0.39, 0.29) is 43.5 Å². The molecule has 0 aliphatic heterocycles. The molecule has 0 unspecified atom stereocenters. The van der Waals surface area contributed by atoms with Crippen LogP contribution in [0.15, 0.2) is 75.1 Å². The monoisotopic (exact) mass is 716 g/mol. The van der Waals surface area contributed by atoms with Gasteiger partial charge >= 0.3 is 11.9 Å². The number of nitrogens with zero attached hydrogens (tertiary/aromatic N) is 6. The number of rotatable bonds is 20. The van der Waals surface area contributed by atoms with E-state index in [0.717, 1.165) is 11.3 Å². The van der Waals surface area contributed by atoms with Gasteiger partial charge in [-0.05, 0) is 56.7 Å². The molecular weight excluding hydrogens is 679 g/mol. The van der Waals surface area contributed by atoms with E-state index in [0.29, 0.717) is 60.6 Å². The van der Waals surface area contributed by atoms with Gasteiger partial charge in [-0.2, -0.15) is 10.2 Å². The van der Waals surface area contributed by atoms with E-state index < -0.39 is 16.9 Å². The molecule has 0 atom stereocenters. The number of benzene rings is 3. The lowest BCUT2D eigenvalue weighted by Crippen LogP contribution is -2.32. The van der Waals surface area contributed by atoms with Crippen LogP contribution < -0.4 is 14.4 Å². The highest BCUT2D eigenvalue weighted by atomic mass is 35.5. The van der Waals surface area contributed by atoms with Gasteiger partial charge < -0.3 is 23.8 Å². The zero-order valence-corrected chi connectivity index (χ0v) is 29.0. The normalized spacial score (nSPS) is 11.1. The average molecular weight is 718 g/mol. The molecule has 3 aromatic rings. The third-order valence-corrected chi connectivity index (χ3v) is 7.01. The molecule has 0 spiro atoms. The van der Waals surface area contributed by atoms with Crippen molar-refractivity contribution < 1.29 is 33.5 Å². The summed E-state index contributed by atoms with van der Waals surface area (Å²) in [5, 5.41) is 28.4. The molecule has 0 saturated heterocycles. The summed E-state index contributed by atoms with van der Waals surface area (Å²) < 4.78 is 22.2. The topological polar surface area (TPSA) is 167 Å². The second kappa shape index (κ2) is 20.5. The number of hydrogen-bond acceptors (Lipinski definition) is 13. The van der Waals surface area contributed by atoms with Crippen molar-refractivity contribution in [1.29, 1.82) is 0 Å². The highest BCUT2D eigenvalue weighted by molar-refractivity contribution is 6.19. The van der Waals surface area contributed by atoms with Crippen molar-refractivity contribution in [3.63, 3.8) is 0 Å². The van der Waals surface area contributed by atoms with Gasteiger partial charge in [0.1, 0.15) is 36.1 Å². The van der Waals surface area contributed by atoms with Gasteiger partial charge in [-0.25, -0.2) is 0 Å². The number of aryl methyl sites for hydroxylation is 1. The number of anilines is 1. The standard InChI is InChI=1S/C33H38Cl2N6O8/c1-4-46-30-22-29(31(47-5-2)21-28(30)38-36-24-6-8-25(9-7-24)41(44)45)39-37-27-11-10-26(20-23(27)3)40(16-18-48-32(42)12-14-34)17-19-49-33(43)13-15-35/h6-11,20-22H,4-5,12-19H2,1-3H3. The summed E-state index contributed by atoms with van der Waals surface area (Å²) in [7, 11) is 0. The third-order valence-electron chi connectivity index (χ3n) is 6.63. The van der Waals surface area contributed by atoms with Gasteiger partial charge in [0.15, 0.2) is 0 Å². The highest BCUT2D eigenvalue weighted by Crippen LogP contribution is 2.41. The second-order valence-corrected chi connectivity index (χ2v) is 10.9. The molecule has 262 valence electrons. The zero-order valence-electron chi connectivity index (χ0n) is 27.5. The van der Waals surface area contributed by atoms with E-state index in [2.05, 4.69) is 20.5 Å². The Labute approximate surface area is 294 Å². The quantitative estimate of drug-likeness (QED) is 0.0365. The fourth-order valence-corrected chi connectivity index (χ4v) is 4.56. The number of ether oxygens (including phenoxy) is 4. The first-order chi connectivity index (χ1) is 23.7. The van der Waals surface area contributed by atoms with Crippen LogP contribution in [0.1, 0.15) is 32.3 Å². The number of carbonyl (C=O) groups is 2. The van der Waals surface area contributed by atoms with Crippen molar-refractivity contribution in [2.75, 3.05) is 56.2 Å². The predicted molar refractivity (Wildman–Crippen MR) is 186 cm³/mol. The molecule has 3 rings (SSSR count). The molecule has 0 aliphatic rings. The fourth-order valence-electron chi connectivity index (χ4n) is 4.25.